The molecule has 1 aliphatic carbocycles. The van der Waals surface area contributed by atoms with Crippen LogP contribution < -0.4 is 10.2 Å². The maximum Gasteiger partial charge on any atom is 0.233 e. The zero-order valence-corrected chi connectivity index (χ0v) is 13.2. The lowest BCUT2D eigenvalue weighted by molar-refractivity contribution is -0.121. The number of thiazole rings is 1. The summed E-state index contributed by atoms with van der Waals surface area (Å²) in [6.45, 7) is 2.77. The van der Waals surface area contributed by atoms with E-state index in [1.165, 1.54) is 37.0 Å². The number of carbonyl (C=O) groups is 1. The van der Waals surface area contributed by atoms with Crippen LogP contribution in [0.4, 0.5) is 5.13 Å². The summed E-state index contributed by atoms with van der Waals surface area (Å²) in [6.07, 6.45) is 9.81. The quantitative estimate of drug-likeness (QED) is 0.914. The van der Waals surface area contributed by atoms with Crippen LogP contribution in [0, 0.1) is 11.8 Å². The summed E-state index contributed by atoms with van der Waals surface area (Å²) in [4.78, 5) is 20.5. The molecule has 1 N–H and O–H groups in total. The van der Waals surface area contributed by atoms with E-state index in [0.717, 1.165) is 31.2 Å². The smallest absolute Gasteiger partial charge is 0.233 e. The van der Waals surface area contributed by atoms with Gasteiger partial charge in [-0.15, -0.1) is 11.3 Å². The fourth-order valence-corrected chi connectivity index (χ4v) is 5.19. The van der Waals surface area contributed by atoms with E-state index in [4.69, 9.17) is 0 Å². The van der Waals surface area contributed by atoms with Crippen LogP contribution in [0.5, 0.6) is 0 Å². The van der Waals surface area contributed by atoms with Crippen LogP contribution in [-0.2, 0) is 4.79 Å². The number of nitrogens with zero attached hydrogens (tertiary/aromatic N) is 2. The first-order valence-electron chi connectivity index (χ1n) is 8.31. The first-order chi connectivity index (χ1) is 10.3. The molecule has 0 bridgehead atoms. The lowest BCUT2D eigenvalue weighted by Crippen LogP contribution is -2.38. The molecule has 3 aliphatic rings. The average Bonchev–Trinajstić information content (AvgIpc) is 3.14. The van der Waals surface area contributed by atoms with E-state index in [2.05, 4.69) is 10.3 Å². The van der Waals surface area contributed by atoms with Gasteiger partial charge in [-0.05, 0) is 37.6 Å². The molecule has 0 radical (unpaired) electrons. The van der Waals surface area contributed by atoms with Crippen molar-refractivity contribution in [1.29, 1.82) is 0 Å². The molecule has 1 saturated carbocycles. The van der Waals surface area contributed by atoms with Gasteiger partial charge < -0.3 is 5.32 Å². The van der Waals surface area contributed by atoms with Crippen molar-refractivity contribution in [2.75, 3.05) is 24.5 Å². The summed E-state index contributed by atoms with van der Waals surface area (Å²) in [6, 6.07) is 0. The van der Waals surface area contributed by atoms with E-state index in [1.54, 1.807) is 11.3 Å². The molecule has 4 nitrogen and oxygen atoms in total. The molecule has 2 atom stereocenters. The monoisotopic (exact) mass is 305 g/mol. The van der Waals surface area contributed by atoms with Gasteiger partial charge in [0, 0.05) is 24.2 Å². The Morgan fingerprint density at radius 1 is 1.24 bits per heavy atom. The lowest BCUT2D eigenvalue weighted by atomic mass is 9.89. The minimum atomic E-state index is 0.181. The van der Waals surface area contributed by atoms with Gasteiger partial charge in [0.25, 0.3) is 0 Å². The Morgan fingerprint density at radius 3 is 2.90 bits per heavy atom. The highest BCUT2D eigenvalue weighted by atomic mass is 32.1. The molecular formula is C16H23N3OS. The van der Waals surface area contributed by atoms with Gasteiger partial charge in [-0.3, -0.25) is 9.69 Å². The molecule has 4 rings (SSSR count). The second-order valence-electron chi connectivity index (χ2n) is 6.69. The normalized spacial score (nSPS) is 30.7. The Hall–Kier alpha value is -0.940. The molecule has 21 heavy (non-hydrogen) atoms. The van der Waals surface area contributed by atoms with Crippen molar-refractivity contribution in [2.45, 2.75) is 44.4 Å². The third-order valence-electron chi connectivity index (χ3n) is 5.38. The number of piperidine rings is 1. The number of rotatable bonds is 2. The van der Waals surface area contributed by atoms with E-state index >= 15 is 0 Å². The molecule has 2 aliphatic heterocycles. The summed E-state index contributed by atoms with van der Waals surface area (Å²) >= 11 is 1.76. The zero-order valence-electron chi connectivity index (χ0n) is 12.4. The molecule has 1 aromatic rings. The Bertz CT molecular complexity index is 523. The Labute approximate surface area is 129 Å². The Morgan fingerprint density at radius 2 is 2.10 bits per heavy atom. The number of aromatic nitrogens is 1. The van der Waals surface area contributed by atoms with Crippen LogP contribution in [0.25, 0.3) is 0 Å². The number of carbonyl (C=O) groups excluding carboxylic acids is 1. The second kappa shape index (κ2) is 5.69. The molecule has 114 valence electrons. The molecule has 0 unspecified atom stereocenters. The SMILES string of the molecule is O=C1[C@H]2CNCC[C@H]2CN1c1ncc(C2CCCCC2)s1. The van der Waals surface area contributed by atoms with Gasteiger partial charge in [-0.1, -0.05) is 19.3 Å². The van der Waals surface area contributed by atoms with Gasteiger partial charge in [0.05, 0.1) is 5.92 Å². The summed E-state index contributed by atoms with van der Waals surface area (Å²) in [5, 5.41) is 4.29. The predicted octanol–water partition coefficient (Wildman–Crippen LogP) is 2.76. The maximum atomic E-state index is 12.6. The largest absolute Gasteiger partial charge is 0.316 e. The third kappa shape index (κ3) is 2.50. The van der Waals surface area contributed by atoms with E-state index in [9.17, 15) is 4.79 Å². The highest BCUT2D eigenvalue weighted by Gasteiger charge is 2.43. The fourth-order valence-electron chi connectivity index (χ4n) is 4.09. The zero-order chi connectivity index (χ0) is 14.2. The van der Waals surface area contributed by atoms with Crippen molar-refractivity contribution >= 4 is 22.4 Å². The van der Waals surface area contributed by atoms with Crippen LogP contribution in [0.2, 0.25) is 0 Å². The van der Waals surface area contributed by atoms with E-state index in [1.807, 2.05) is 11.1 Å². The number of hydrogen-bond donors (Lipinski definition) is 1. The fraction of sp³-hybridized carbons (Fsp3) is 0.750. The molecule has 3 fully saturated rings. The Kier molecular flexibility index (Phi) is 3.71. The number of amides is 1. The van der Waals surface area contributed by atoms with Crippen LogP contribution in [-0.4, -0.2) is 30.5 Å². The molecule has 1 aromatic heterocycles. The topological polar surface area (TPSA) is 45.2 Å². The number of hydrogen-bond acceptors (Lipinski definition) is 4. The van der Waals surface area contributed by atoms with Crippen molar-refractivity contribution < 1.29 is 4.79 Å². The first-order valence-corrected chi connectivity index (χ1v) is 9.12. The number of nitrogens with one attached hydrogen (secondary N) is 1. The van der Waals surface area contributed by atoms with Crippen molar-refractivity contribution in [3.63, 3.8) is 0 Å². The highest BCUT2D eigenvalue weighted by Crippen LogP contribution is 2.40. The van der Waals surface area contributed by atoms with Crippen LogP contribution in [0.3, 0.4) is 0 Å². The van der Waals surface area contributed by atoms with Crippen molar-refractivity contribution in [3.8, 4) is 0 Å². The summed E-state index contributed by atoms with van der Waals surface area (Å²) in [5.41, 5.74) is 0. The average molecular weight is 305 g/mol. The van der Waals surface area contributed by atoms with Gasteiger partial charge in [-0.25, -0.2) is 4.98 Å². The van der Waals surface area contributed by atoms with Gasteiger partial charge in [0.15, 0.2) is 5.13 Å². The van der Waals surface area contributed by atoms with E-state index < -0.39 is 0 Å². The highest BCUT2D eigenvalue weighted by molar-refractivity contribution is 7.15. The number of anilines is 1. The van der Waals surface area contributed by atoms with Gasteiger partial charge >= 0.3 is 0 Å². The summed E-state index contributed by atoms with van der Waals surface area (Å²) < 4.78 is 0. The molecule has 2 saturated heterocycles. The van der Waals surface area contributed by atoms with Gasteiger partial charge in [0.2, 0.25) is 5.91 Å². The van der Waals surface area contributed by atoms with Gasteiger partial charge in [0.1, 0.15) is 0 Å². The molecule has 3 heterocycles. The standard InChI is InChI=1S/C16H23N3OS/c20-15-13-8-17-7-6-12(13)10-19(15)16-18-9-14(21-16)11-4-2-1-3-5-11/h9,11-13,17H,1-8,10H2/t12-,13-/m0/s1. The number of fused-ring (bicyclic) bond motifs is 1. The van der Waals surface area contributed by atoms with Crippen molar-refractivity contribution in [2.24, 2.45) is 11.8 Å². The van der Waals surface area contributed by atoms with Crippen molar-refractivity contribution in [3.05, 3.63) is 11.1 Å². The summed E-state index contributed by atoms with van der Waals surface area (Å²) in [5.74, 6) is 1.69. The van der Waals surface area contributed by atoms with Crippen molar-refractivity contribution in [1.82, 2.24) is 10.3 Å². The maximum absolute atomic E-state index is 12.6. The first kappa shape index (κ1) is 13.7. The van der Waals surface area contributed by atoms with E-state index in [-0.39, 0.29) is 11.8 Å². The van der Waals surface area contributed by atoms with Crippen LogP contribution in [0.1, 0.15) is 49.3 Å². The minimum absolute atomic E-state index is 0.181. The predicted molar refractivity (Wildman–Crippen MR) is 84.8 cm³/mol. The van der Waals surface area contributed by atoms with Crippen LogP contribution >= 0.6 is 11.3 Å². The van der Waals surface area contributed by atoms with E-state index in [0.29, 0.717) is 11.8 Å². The molecular weight excluding hydrogens is 282 g/mol. The molecule has 0 aromatic carbocycles. The molecule has 5 heteroatoms. The summed E-state index contributed by atoms with van der Waals surface area (Å²) in [7, 11) is 0. The third-order valence-corrected chi connectivity index (χ3v) is 6.56. The molecule has 0 spiro atoms. The Balaban J connectivity index is 1.51. The van der Waals surface area contributed by atoms with Gasteiger partial charge in [-0.2, -0.15) is 0 Å². The second-order valence-corrected chi connectivity index (χ2v) is 7.73. The lowest BCUT2D eigenvalue weighted by Gasteiger charge is -2.22. The minimum Gasteiger partial charge on any atom is -0.316 e. The molecule has 1 amide bonds. The van der Waals surface area contributed by atoms with Crippen LogP contribution in [0.15, 0.2) is 6.20 Å².